The highest BCUT2D eigenvalue weighted by molar-refractivity contribution is 5.87. The Balaban J connectivity index is 1.16. The molecule has 5 heterocycles. The summed E-state index contributed by atoms with van der Waals surface area (Å²) in [5, 5.41) is 26.1. The molecule has 4 atom stereocenters. The lowest BCUT2D eigenvalue weighted by Gasteiger charge is -2.34. The molecule has 2 bridgehead atoms. The van der Waals surface area contributed by atoms with Crippen LogP contribution in [0.4, 0.5) is 10.2 Å². The van der Waals surface area contributed by atoms with Crippen molar-refractivity contribution in [1.82, 2.24) is 20.2 Å². The normalized spacial score (nSPS) is 27.2. The van der Waals surface area contributed by atoms with Gasteiger partial charge in [-0.2, -0.15) is 15.2 Å². The quantitative estimate of drug-likeness (QED) is 0.428. The van der Waals surface area contributed by atoms with Crippen LogP contribution in [0.3, 0.4) is 0 Å². The van der Waals surface area contributed by atoms with E-state index in [9.17, 15) is 14.8 Å². The minimum Gasteiger partial charge on any atom is -0.508 e. The average Bonchev–Trinajstić information content (AvgIpc) is 3.61. The lowest BCUT2D eigenvalue weighted by atomic mass is 9.95. The second kappa shape index (κ2) is 10.6. The number of halogens is 1. The van der Waals surface area contributed by atoms with E-state index in [1.165, 1.54) is 0 Å². The van der Waals surface area contributed by atoms with Gasteiger partial charge in [-0.25, -0.2) is 4.39 Å². The Hall–Kier alpha value is -3.68. The van der Waals surface area contributed by atoms with Gasteiger partial charge in [0.2, 0.25) is 5.88 Å². The van der Waals surface area contributed by atoms with Gasteiger partial charge in [-0.1, -0.05) is 24.3 Å². The van der Waals surface area contributed by atoms with E-state index in [1.807, 2.05) is 24.3 Å². The smallest absolute Gasteiger partial charge is 0.321 e. The second-order valence-corrected chi connectivity index (χ2v) is 12.0. The van der Waals surface area contributed by atoms with Crippen molar-refractivity contribution in [2.75, 3.05) is 44.3 Å². The molecule has 0 saturated carbocycles. The summed E-state index contributed by atoms with van der Waals surface area (Å²) in [6, 6.07) is 14.6. The molecule has 1 aromatic heterocycles. The molecule has 4 aliphatic rings. The van der Waals surface area contributed by atoms with E-state index in [1.54, 1.807) is 12.1 Å². The molecule has 4 fully saturated rings. The maximum Gasteiger partial charge on any atom is 0.321 e. The third-order valence-electron chi connectivity index (χ3n) is 9.24. The molecule has 3 aromatic rings. The number of phenols is 1. The Kier molecular flexibility index (Phi) is 6.79. The summed E-state index contributed by atoms with van der Waals surface area (Å²) in [5.41, 5.74) is 0.915. The fourth-order valence-corrected chi connectivity index (χ4v) is 7.36. The first-order valence-corrected chi connectivity index (χ1v) is 14.7. The van der Waals surface area contributed by atoms with Gasteiger partial charge in [0.15, 0.2) is 11.4 Å². The van der Waals surface area contributed by atoms with Gasteiger partial charge in [0.25, 0.3) is 0 Å². The number of benzene rings is 2. The van der Waals surface area contributed by atoms with Crippen molar-refractivity contribution in [3.63, 3.8) is 0 Å². The molecule has 2 aromatic carbocycles. The zero-order valence-corrected chi connectivity index (χ0v) is 23.1. The van der Waals surface area contributed by atoms with Crippen LogP contribution in [0.25, 0.3) is 10.8 Å². The highest BCUT2D eigenvalue weighted by Gasteiger charge is 2.49. The first-order valence-electron chi connectivity index (χ1n) is 14.7. The topological polar surface area (TPSA) is 107 Å². The summed E-state index contributed by atoms with van der Waals surface area (Å²) in [6.07, 6.45) is 4.24. The number of hydrogen-bond donors (Lipinski definition) is 2. The molecular weight excluding hydrogens is 523 g/mol. The SMILES string of the molecule is N#Cc1c(OCCc2cc(O)cc3ccccc23)nc(OC[C@@]23CCCN2C[C@H](F)C3)nc1N1C[C@H]2CC[C@@H](C1)N2. The number of alkyl halides is 1. The van der Waals surface area contributed by atoms with Gasteiger partial charge in [0, 0.05) is 44.6 Å². The fourth-order valence-electron chi connectivity index (χ4n) is 7.36. The molecule has 10 heteroatoms. The van der Waals surface area contributed by atoms with Crippen LogP contribution in [0.1, 0.15) is 43.2 Å². The van der Waals surface area contributed by atoms with Crippen molar-refractivity contribution < 1.29 is 19.0 Å². The number of rotatable bonds is 8. The van der Waals surface area contributed by atoms with Gasteiger partial charge in [-0.15, -0.1) is 0 Å². The number of nitriles is 1. The van der Waals surface area contributed by atoms with Crippen LogP contribution in [-0.4, -0.2) is 83.2 Å². The number of nitrogens with zero attached hydrogens (tertiary/aromatic N) is 5. The van der Waals surface area contributed by atoms with E-state index in [0.29, 0.717) is 49.5 Å². The van der Waals surface area contributed by atoms with Crippen LogP contribution in [-0.2, 0) is 6.42 Å². The predicted octanol–water partition coefficient (Wildman–Crippen LogP) is 3.72. The Morgan fingerprint density at radius 2 is 1.95 bits per heavy atom. The maximum absolute atomic E-state index is 14.4. The van der Waals surface area contributed by atoms with Crippen molar-refractivity contribution in [3.8, 4) is 23.7 Å². The molecule has 4 aliphatic heterocycles. The number of hydrogen-bond acceptors (Lipinski definition) is 9. The minimum atomic E-state index is -0.847. The van der Waals surface area contributed by atoms with Crippen LogP contribution >= 0.6 is 0 Å². The molecule has 0 aliphatic carbocycles. The molecule has 9 nitrogen and oxygen atoms in total. The molecule has 7 rings (SSSR count). The van der Waals surface area contributed by atoms with E-state index >= 15 is 0 Å². The molecule has 0 unspecified atom stereocenters. The third kappa shape index (κ3) is 5.02. The van der Waals surface area contributed by atoms with Crippen molar-refractivity contribution in [1.29, 1.82) is 5.26 Å². The zero-order chi connectivity index (χ0) is 28.0. The first kappa shape index (κ1) is 26.2. The van der Waals surface area contributed by atoms with Gasteiger partial charge in [0.05, 0.1) is 12.1 Å². The summed E-state index contributed by atoms with van der Waals surface area (Å²) in [6.45, 7) is 3.39. The first-order chi connectivity index (χ1) is 20.0. The summed E-state index contributed by atoms with van der Waals surface area (Å²) < 4.78 is 26.8. The fraction of sp³-hybridized carbons (Fsp3) is 0.516. The molecular formula is C31H35FN6O3. The second-order valence-electron chi connectivity index (χ2n) is 12.0. The minimum absolute atomic E-state index is 0.159. The molecule has 0 amide bonds. The number of aromatic nitrogens is 2. The highest BCUT2D eigenvalue weighted by atomic mass is 19.1. The molecule has 214 valence electrons. The molecule has 0 spiro atoms. The van der Waals surface area contributed by atoms with E-state index in [-0.39, 0.29) is 29.8 Å². The summed E-state index contributed by atoms with van der Waals surface area (Å²) in [7, 11) is 0. The van der Waals surface area contributed by atoms with Crippen LogP contribution in [0.5, 0.6) is 17.6 Å². The van der Waals surface area contributed by atoms with Crippen LogP contribution < -0.4 is 19.7 Å². The van der Waals surface area contributed by atoms with E-state index in [4.69, 9.17) is 14.5 Å². The lowest BCUT2D eigenvalue weighted by molar-refractivity contribution is 0.106. The monoisotopic (exact) mass is 558 g/mol. The van der Waals surface area contributed by atoms with Gasteiger partial charge >= 0.3 is 6.01 Å². The van der Waals surface area contributed by atoms with E-state index in [0.717, 1.165) is 61.7 Å². The number of fused-ring (bicyclic) bond motifs is 4. The van der Waals surface area contributed by atoms with Gasteiger partial charge in [-0.3, -0.25) is 4.90 Å². The van der Waals surface area contributed by atoms with Gasteiger partial charge in [-0.05, 0) is 60.7 Å². The lowest BCUT2D eigenvalue weighted by Crippen LogP contribution is -2.51. The number of ether oxygens (including phenoxy) is 2. The number of aromatic hydroxyl groups is 1. The Morgan fingerprint density at radius 3 is 2.78 bits per heavy atom. The van der Waals surface area contributed by atoms with Crippen molar-refractivity contribution in [2.45, 2.75) is 62.3 Å². The van der Waals surface area contributed by atoms with Gasteiger partial charge < -0.3 is 24.8 Å². The highest BCUT2D eigenvalue weighted by Crippen LogP contribution is 2.41. The summed E-state index contributed by atoms with van der Waals surface area (Å²) in [4.78, 5) is 13.7. The van der Waals surface area contributed by atoms with Crippen molar-refractivity contribution in [2.24, 2.45) is 0 Å². The number of nitrogens with one attached hydrogen (secondary N) is 1. The van der Waals surface area contributed by atoms with E-state index < -0.39 is 6.17 Å². The Bertz CT molecular complexity index is 1480. The third-order valence-corrected chi connectivity index (χ3v) is 9.24. The van der Waals surface area contributed by atoms with E-state index in [2.05, 4.69) is 26.2 Å². The number of anilines is 1. The van der Waals surface area contributed by atoms with Crippen LogP contribution in [0, 0.1) is 11.3 Å². The Labute approximate surface area is 238 Å². The number of piperazine rings is 1. The molecule has 4 saturated heterocycles. The number of phenolic OH excluding ortho intramolecular Hbond substituents is 1. The molecule has 2 N–H and O–H groups in total. The molecule has 41 heavy (non-hydrogen) atoms. The van der Waals surface area contributed by atoms with Crippen LogP contribution in [0.15, 0.2) is 36.4 Å². The van der Waals surface area contributed by atoms with Crippen molar-refractivity contribution >= 4 is 16.6 Å². The Morgan fingerprint density at radius 1 is 1.12 bits per heavy atom. The largest absolute Gasteiger partial charge is 0.508 e. The average molecular weight is 559 g/mol. The standard InChI is InChI=1S/C31H35FN6O3/c32-22-14-31(9-3-10-38(31)16-22)19-41-30-35-28(37-17-23-6-7-24(18-37)34-23)27(15-33)29(36-30)40-11-8-21-13-25(39)12-20-4-1-2-5-26(20)21/h1-2,4-5,12-13,22-24,34,39H,3,6-11,14,16-19H2/t22-,23-,24+,31+/m1/s1. The van der Waals surface area contributed by atoms with Crippen molar-refractivity contribution in [3.05, 3.63) is 47.5 Å². The molecule has 0 radical (unpaired) electrons. The van der Waals surface area contributed by atoms with Gasteiger partial charge in [0.1, 0.15) is 24.6 Å². The summed E-state index contributed by atoms with van der Waals surface area (Å²) in [5.74, 6) is 0.926. The summed E-state index contributed by atoms with van der Waals surface area (Å²) >= 11 is 0. The maximum atomic E-state index is 14.4. The predicted molar refractivity (Wildman–Crippen MR) is 152 cm³/mol. The zero-order valence-electron chi connectivity index (χ0n) is 23.1. The van der Waals surface area contributed by atoms with Crippen LogP contribution in [0.2, 0.25) is 0 Å².